The minimum absolute atomic E-state index is 0.266. The number of ether oxygens (including phenoxy) is 1. The number of rotatable bonds is 5. The minimum atomic E-state index is -1.36. The van der Waals surface area contributed by atoms with E-state index in [2.05, 4.69) is 20.5 Å². The van der Waals surface area contributed by atoms with E-state index in [1.807, 2.05) is 0 Å². The van der Waals surface area contributed by atoms with Crippen molar-refractivity contribution in [2.24, 2.45) is 7.05 Å². The maximum atomic E-state index is 11.5. The van der Waals surface area contributed by atoms with Gasteiger partial charge in [0.2, 0.25) is 0 Å². The van der Waals surface area contributed by atoms with Crippen molar-refractivity contribution in [2.45, 2.75) is 12.5 Å². The lowest BCUT2D eigenvalue weighted by atomic mass is 10.2. The van der Waals surface area contributed by atoms with Crippen molar-refractivity contribution >= 4 is 23.8 Å². The Morgan fingerprint density at radius 2 is 2.21 bits per heavy atom. The molecule has 1 atom stereocenters. The zero-order chi connectivity index (χ0) is 14.4. The number of carbonyl (C=O) groups excluding carboxylic acids is 2. The lowest BCUT2D eigenvalue weighted by Crippen LogP contribution is -2.44. The Labute approximate surface area is 108 Å². The number of carboxylic acid groups (broad SMARTS) is 1. The van der Waals surface area contributed by atoms with Crippen LogP contribution in [-0.4, -0.2) is 46.0 Å². The summed E-state index contributed by atoms with van der Waals surface area (Å²) in [7, 11) is 2.80. The summed E-state index contributed by atoms with van der Waals surface area (Å²) in [5.74, 6) is -1.80. The van der Waals surface area contributed by atoms with Crippen LogP contribution in [0.5, 0.6) is 0 Å². The van der Waals surface area contributed by atoms with Gasteiger partial charge in [-0.05, 0) is 0 Å². The summed E-state index contributed by atoms with van der Waals surface area (Å²) in [6.45, 7) is 0. The van der Waals surface area contributed by atoms with Gasteiger partial charge in [0.25, 0.3) is 0 Å². The van der Waals surface area contributed by atoms with Crippen LogP contribution >= 0.6 is 0 Å². The van der Waals surface area contributed by atoms with Crippen LogP contribution in [0.1, 0.15) is 6.42 Å². The predicted octanol–water partition coefficient (Wildman–Crippen LogP) is -0.442. The summed E-state index contributed by atoms with van der Waals surface area (Å²) < 4.78 is 5.82. The summed E-state index contributed by atoms with van der Waals surface area (Å²) in [6.07, 6.45) is 1.15. The molecule has 9 nitrogen and oxygen atoms in total. The van der Waals surface area contributed by atoms with Crippen molar-refractivity contribution in [1.29, 1.82) is 0 Å². The average Bonchev–Trinajstić information content (AvgIpc) is 2.73. The number of carbonyl (C=O) groups is 3. The normalized spacial score (nSPS) is 11.5. The molecule has 0 aliphatic heterocycles. The Morgan fingerprint density at radius 3 is 2.68 bits per heavy atom. The van der Waals surface area contributed by atoms with Crippen LogP contribution in [0.15, 0.2) is 12.3 Å². The highest BCUT2D eigenvalue weighted by molar-refractivity contribution is 5.92. The molecule has 1 rings (SSSR count). The number of hydrogen-bond donors (Lipinski definition) is 3. The molecule has 3 N–H and O–H groups in total. The van der Waals surface area contributed by atoms with Crippen LogP contribution in [-0.2, 0) is 21.4 Å². The molecule has 0 radical (unpaired) electrons. The first-order chi connectivity index (χ1) is 8.92. The fourth-order valence-corrected chi connectivity index (χ4v) is 1.24. The quantitative estimate of drug-likeness (QED) is 0.623. The van der Waals surface area contributed by atoms with Gasteiger partial charge in [0.1, 0.15) is 6.04 Å². The maximum Gasteiger partial charge on any atom is 0.326 e. The Bertz CT molecular complexity index is 484. The zero-order valence-electron chi connectivity index (χ0n) is 10.4. The van der Waals surface area contributed by atoms with Gasteiger partial charge in [-0.1, -0.05) is 0 Å². The molecule has 2 amide bonds. The third kappa shape index (κ3) is 4.66. The highest BCUT2D eigenvalue weighted by Gasteiger charge is 2.23. The number of amides is 2. The fraction of sp³-hybridized carbons (Fsp3) is 0.400. The average molecular weight is 270 g/mol. The summed E-state index contributed by atoms with van der Waals surface area (Å²) in [5.41, 5.74) is 0. The third-order valence-electron chi connectivity index (χ3n) is 2.16. The van der Waals surface area contributed by atoms with Crippen LogP contribution in [0.25, 0.3) is 0 Å². The number of esters is 1. The standard InChI is InChI=1S/C10H14N4O5/c1-14-4-3-7(13-14)12-10(18)11-6(9(16)17)5-8(15)19-2/h3-4,6H,5H2,1-2H3,(H,16,17)(H2,11,12,13,18)/t6-/m0/s1. The van der Waals surface area contributed by atoms with Gasteiger partial charge in [0.15, 0.2) is 5.82 Å². The summed E-state index contributed by atoms with van der Waals surface area (Å²) in [5, 5.41) is 17.2. The topological polar surface area (TPSA) is 123 Å². The van der Waals surface area contributed by atoms with E-state index in [1.54, 1.807) is 13.2 Å². The second kappa shape index (κ2) is 6.38. The second-order valence-corrected chi connectivity index (χ2v) is 3.64. The van der Waals surface area contributed by atoms with Crippen molar-refractivity contribution in [2.75, 3.05) is 12.4 Å². The molecule has 1 aromatic rings. The van der Waals surface area contributed by atoms with Crippen molar-refractivity contribution in [3.63, 3.8) is 0 Å². The summed E-state index contributed by atoms with van der Waals surface area (Å²) in [4.78, 5) is 33.4. The fourth-order valence-electron chi connectivity index (χ4n) is 1.24. The van der Waals surface area contributed by atoms with E-state index in [0.29, 0.717) is 0 Å². The number of urea groups is 1. The number of hydrogen-bond acceptors (Lipinski definition) is 5. The minimum Gasteiger partial charge on any atom is -0.480 e. The Balaban J connectivity index is 2.56. The van der Waals surface area contributed by atoms with Crippen LogP contribution in [0, 0.1) is 0 Å². The summed E-state index contributed by atoms with van der Waals surface area (Å²) >= 11 is 0. The molecule has 1 heterocycles. The van der Waals surface area contributed by atoms with E-state index in [9.17, 15) is 14.4 Å². The van der Waals surface area contributed by atoms with Crippen LogP contribution in [0.3, 0.4) is 0 Å². The largest absolute Gasteiger partial charge is 0.480 e. The zero-order valence-corrected chi connectivity index (χ0v) is 10.4. The summed E-state index contributed by atoms with van der Waals surface area (Å²) in [6, 6.07) is -0.596. The van der Waals surface area contributed by atoms with Crippen molar-refractivity contribution < 1.29 is 24.2 Å². The van der Waals surface area contributed by atoms with Gasteiger partial charge in [-0.15, -0.1) is 0 Å². The SMILES string of the molecule is COC(=O)C[C@H](NC(=O)Nc1ccn(C)n1)C(=O)O. The van der Waals surface area contributed by atoms with Crippen molar-refractivity contribution in [3.8, 4) is 0 Å². The van der Waals surface area contributed by atoms with Gasteiger partial charge in [-0.2, -0.15) is 5.10 Å². The smallest absolute Gasteiger partial charge is 0.326 e. The molecule has 0 spiro atoms. The van der Waals surface area contributed by atoms with Gasteiger partial charge in [-0.25, -0.2) is 9.59 Å². The van der Waals surface area contributed by atoms with Gasteiger partial charge < -0.3 is 15.2 Å². The molecule has 0 saturated carbocycles. The van der Waals surface area contributed by atoms with Crippen LogP contribution < -0.4 is 10.6 Å². The number of aryl methyl sites for hydroxylation is 1. The van der Waals surface area contributed by atoms with Crippen molar-refractivity contribution in [1.82, 2.24) is 15.1 Å². The third-order valence-corrected chi connectivity index (χ3v) is 2.16. The molecule has 0 aromatic carbocycles. The molecule has 1 aromatic heterocycles. The molecule has 0 saturated heterocycles. The number of anilines is 1. The second-order valence-electron chi connectivity index (χ2n) is 3.64. The Kier molecular flexibility index (Phi) is 4.86. The molecule has 19 heavy (non-hydrogen) atoms. The molecular weight excluding hydrogens is 256 g/mol. The van der Waals surface area contributed by atoms with Crippen LogP contribution in [0.4, 0.5) is 10.6 Å². The number of aliphatic carboxylic acids is 1. The lowest BCUT2D eigenvalue weighted by Gasteiger charge is -2.13. The first-order valence-electron chi connectivity index (χ1n) is 5.29. The molecule has 0 aliphatic rings. The number of nitrogens with one attached hydrogen (secondary N) is 2. The van der Waals surface area contributed by atoms with Gasteiger partial charge >= 0.3 is 18.0 Å². The lowest BCUT2D eigenvalue weighted by molar-refractivity contribution is -0.147. The van der Waals surface area contributed by atoms with E-state index in [-0.39, 0.29) is 5.82 Å². The van der Waals surface area contributed by atoms with E-state index in [1.165, 1.54) is 10.7 Å². The molecule has 104 valence electrons. The first kappa shape index (κ1) is 14.5. The predicted molar refractivity (Wildman–Crippen MR) is 63.4 cm³/mol. The number of nitrogens with zero attached hydrogens (tertiary/aromatic N) is 2. The molecular formula is C10H14N4O5. The van der Waals surface area contributed by atoms with Gasteiger partial charge in [0, 0.05) is 19.3 Å². The molecule has 0 unspecified atom stereocenters. The number of aromatic nitrogens is 2. The maximum absolute atomic E-state index is 11.5. The molecule has 0 bridgehead atoms. The highest BCUT2D eigenvalue weighted by Crippen LogP contribution is 2.01. The molecule has 9 heteroatoms. The number of carboxylic acids is 1. The number of methoxy groups -OCH3 is 1. The molecule has 0 aliphatic carbocycles. The van der Waals surface area contributed by atoms with Crippen molar-refractivity contribution in [3.05, 3.63) is 12.3 Å². The van der Waals surface area contributed by atoms with Gasteiger partial charge in [0.05, 0.1) is 13.5 Å². The van der Waals surface area contributed by atoms with E-state index < -0.39 is 30.4 Å². The molecule has 0 fully saturated rings. The van der Waals surface area contributed by atoms with Gasteiger partial charge in [-0.3, -0.25) is 14.8 Å². The Morgan fingerprint density at radius 1 is 1.53 bits per heavy atom. The van der Waals surface area contributed by atoms with Crippen LogP contribution in [0.2, 0.25) is 0 Å². The van der Waals surface area contributed by atoms with E-state index >= 15 is 0 Å². The first-order valence-corrected chi connectivity index (χ1v) is 5.29. The Hall–Kier alpha value is -2.58. The van der Waals surface area contributed by atoms with E-state index in [4.69, 9.17) is 5.11 Å². The van der Waals surface area contributed by atoms with E-state index in [0.717, 1.165) is 7.11 Å². The monoisotopic (exact) mass is 270 g/mol. The highest BCUT2D eigenvalue weighted by atomic mass is 16.5.